The Balaban J connectivity index is 2.30. The molecule has 0 bridgehead atoms. The van der Waals surface area contributed by atoms with Crippen LogP contribution in [0, 0.1) is 0 Å². The van der Waals surface area contributed by atoms with Gasteiger partial charge in [-0.2, -0.15) is 0 Å². The van der Waals surface area contributed by atoms with Crippen LogP contribution in [0.15, 0.2) is 46.9 Å². The molecule has 0 aliphatic rings. The highest BCUT2D eigenvalue weighted by molar-refractivity contribution is 9.10. The van der Waals surface area contributed by atoms with Crippen LogP contribution in [0.5, 0.6) is 5.75 Å². The third-order valence-electron chi connectivity index (χ3n) is 2.81. The van der Waals surface area contributed by atoms with Crippen LogP contribution in [-0.2, 0) is 4.79 Å². The lowest BCUT2D eigenvalue weighted by Crippen LogP contribution is -2.15. The molecular weight excluding hydrogens is 366 g/mol. The quantitative estimate of drug-likeness (QED) is 0.629. The minimum absolute atomic E-state index is 0.0530. The molecule has 0 spiro atoms. The number of halogens is 1. The molecular formula is C16H12BrNO5. The molecule has 0 saturated heterocycles. The Bertz CT molecular complexity index is 788. The number of carboxylic acids is 1. The Morgan fingerprint density at radius 3 is 2.52 bits per heavy atom. The van der Waals surface area contributed by atoms with Gasteiger partial charge in [-0.25, -0.2) is 4.79 Å². The predicted molar refractivity (Wildman–Crippen MR) is 86.8 cm³/mol. The minimum atomic E-state index is -1.09. The van der Waals surface area contributed by atoms with Gasteiger partial charge in [-0.05, 0) is 36.4 Å². The van der Waals surface area contributed by atoms with E-state index in [0.29, 0.717) is 10.2 Å². The van der Waals surface area contributed by atoms with E-state index in [-0.39, 0.29) is 16.9 Å². The first-order valence-corrected chi connectivity index (χ1v) is 7.29. The lowest BCUT2D eigenvalue weighted by molar-refractivity contribution is -0.131. The number of carbonyl (C=O) groups excluding carboxylic acids is 2. The molecule has 0 atom stereocenters. The second-order valence-corrected chi connectivity index (χ2v) is 5.49. The molecule has 2 aromatic carbocycles. The Labute approximate surface area is 140 Å². The van der Waals surface area contributed by atoms with Gasteiger partial charge in [0.05, 0.1) is 11.1 Å². The number of hydrogen-bond donors (Lipinski definition) is 2. The number of esters is 1. The summed E-state index contributed by atoms with van der Waals surface area (Å²) in [5.74, 6) is -2.05. The van der Waals surface area contributed by atoms with Crippen LogP contribution in [0.3, 0.4) is 0 Å². The molecule has 0 fully saturated rings. The van der Waals surface area contributed by atoms with E-state index < -0.39 is 17.8 Å². The van der Waals surface area contributed by atoms with Crippen molar-refractivity contribution in [2.75, 3.05) is 5.32 Å². The van der Waals surface area contributed by atoms with Crippen molar-refractivity contribution in [1.82, 2.24) is 0 Å². The maximum atomic E-state index is 12.4. The summed E-state index contributed by atoms with van der Waals surface area (Å²) in [6.45, 7) is 1.24. The molecule has 2 rings (SSSR count). The molecule has 0 radical (unpaired) electrons. The number of hydrogen-bond acceptors (Lipinski definition) is 4. The highest BCUT2D eigenvalue weighted by Crippen LogP contribution is 2.25. The Morgan fingerprint density at radius 2 is 1.87 bits per heavy atom. The molecule has 118 valence electrons. The third kappa shape index (κ3) is 4.40. The van der Waals surface area contributed by atoms with Crippen molar-refractivity contribution >= 4 is 39.5 Å². The van der Waals surface area contributed by atoms with Crippen molar-refractivity contribution in [3.05, 3.63) is 58.1 Å². The molecule has 6 nitrogen and oxygen atoms in total. The van der Waals surface area contributed by atoms with Gasteiger partial charge in [-0.1, -0.05) is 22.0 Å². The van der Waals surface area contributed by atoms with Gasteiger partial charge in [-0.15, -0.1) is 0 Å². The van der Waals surface area contributed by atoms with Crippen molar-refractivity contribution < 1.29 is 24.2 Å². The van der Waals surface area contributed by atoms with E-state index in [1.807, 2.05) is 0 Å². The highest BCUT2D eigenvalue weighted by atomic mass is 79.9. The normalized spacial score (nSPS) is 10.0. The standard InChI is InChI=1S/C16H12BrNO5/c1-9(19)23-14-6-5-11(17)8-13(14)15(20)18-12-4-2-3-10(7-12)16(21)22/h2-8H,1H3,(H,18,20)(H,21,22). The van der Waals surface area contributed by atoms with Crippen molar-refractivity contribution in [2.45, 2.75) is 6.92 Å². The monoisotopic (exact) mass is 377 g/mol. The molecule has 0 aliphatic heterocycles. The Kier molecular flexibility index (Phi) is 5.13. The molecule has 1 amide bonds. The Hall–Kier alpha value is -2.67. The summed E-state index contributed by atoms with van der Waals surface area (Å²) in [6.07, 6.45) is 0. The maximum Gasteiger partial charge on any atom is 0.335 e. The van der Waals surface area contributed by atoms with Crippen LogP contribution < -0.4 is 10.1 Å². The fourth-order valence-electron chi connectivity index (χ4n) is 1.85. The number of ether oxygens (including phenoxy) is 1. The van der Waals surface area contributed by atoms with E-state index in [1.165, 1.54) is 37.3 Å². The zero-order valence-corrected chi connectivity index (χ0v) is 13.6. The van der Waals surface area contributed by atoms with Crippen LogP contribution in [0.1, 0.15) is 27.6 Å². The van der Waals surface area contributed by atoms with Crippen molar-refractivity contribution in [2.24, 2.45) is 0 Å². The maximum absolute atomic E-state index is 12.4. The zero-order chi connectivity index (χ0) is 17.0. The number of nitrogens with one attached hydrogen (secondary N) is 1. The van der Waals surface area contributed by atoms with Crippen molar-refractivity contribution in [3.63, 3.8) is 0 Å². The van der Waals surface area contributed by atoms with Crippen LogP contribution >= 0.6 is 15.9 Å². The average molecular weight is 378 g/mol. The number of rotatable bonds is 4. The summed E-state index contributed by atoms with van der Waals surface area (Å²) in [7, 11) is 0. The van der Waals surface area contributed by atoms with E-state index in [2.05, 4.69) is 21.2 Å². The summed E-state index contributed by atoms with van der Waals surface area (Å²) in [5, 5.41) is 11.5. The highest BCUT2D eigenvalue weighted by Gasteiger charge is 2.15. The first kappa shape index (κ1) is 16.7. The molecule has 2 aromatic rings. The summed E-state index contributed by atoms with van der Waals surface area (Å²) >= 11 is 3.25. The lowest BCUT2D eigenvalue weighted by atomic mass is 10.1. The fraction of sp³-hybridized carbons (Fsp3) is 0.0625. The van der Waals surface area contributed by atoms with Gasteiger partial charge in [0.25, 0.3) is 5.91 Å². The number of anilines is 1. The predicted octanol–water partition coefficient (Wildman–Crippen LogP) is 3.32. The van der Waals surface area contributed by atoms with E-state index >= 15 is 0 Å². The number of carbonyl (C=O) groups is 3. The first-order chi connectivity index (χ1) is 10.9. The molecule has 0 unspecified atom stereocenters. The van der Waals surface area contributed by atoms with Gasteiger partial charge in [0.2, 0.25) is 0 Å². The third-order valence-corrected chi connectivity index (χ3v) is 3.30. The van der Waals surface area contributed by atoms with Gasteiger partial charge in [-0.3, -0.25) is 9.59 Å². The van der Waals surface area contributed by atoms with E-state index in [0.717, 1.165) is 0 Å². The summed E-state index contributed by atoms with van der Waals surface area (Å²) in [5.41, 5.74) is 0.524. The molecule has 7 heteroatoms. The molecule has 0 saturated carbocycles. The van der Waals surface area contributed by atoms with Gasteiger partial charge in [0, 0.05) is 17.1 Å². The van der Waals surface area contributed by atoms with Crippen LogP contribution in [0.2, 0.25) is 0 Å². The second kappa shape index (κ2) is 7.06. The van der Waals surface area contributed by atoms with Gasteiger partial charge < -0.3 is 15.2 Å². The molecule has 0 aromatic heterocycles. The zero-order valence-electron chi connectivity index (χ0n) is 12.0. The molecule has 0 aliphatic carbocycles. The minimum Gasteiger partial charge on any atom is -0.478 e. The second-order valence-electron chi connectivity index (χ2n) is 4.57. The first-order valence-electron chi connectivity index (χ1n) is 6.49. The summed E-state index contributed by atoms with van der Waals surface area (Å²) in [4.78, 5) is 34.5. The van der Waals surface area contributed by atoms with Crippen molar-refractivity contribution in [1.29, 1.82) is 0 Å². The largest absolute Gasteiger partial charge is 0.478 e. The lowest BCUT2D eigenvalue weighted by Gasteiger charge is -2.10. The van der Waals surface area contributed by atoms with E-state index in [9.17, 15) is 14.4 Å². The number of benzene rings is 2. The Morgan fingerprint density at radius 1 is 1.13 bits per heavy atom. The van der Waals surface area contributed by atoms with E-state index in [1.54, 1.807) is 12.1 Å². The number of amides is 1. The van der Waals surface area contributed by atoms with Gasteiger partial charge in [0.15, 0.2) is 0 Å². The SMILES string of the molecule is CC(=O)Oc1ccc(Br)cc1C(=O)Nc1cccc(C(=O)O)c1. The van der Waals surface area contributed by atoms with E-state index in [4.69, 9.17) is 9.84 Å². The summed E-state index contributed by atoms with van der Waals surface area (Å²) in [6, 6.07) is 10.5. The molecule has 0 heterocycles. The van der Waals surface area contributed by atoms with Gasteiger partial charge >= 0.3 is 11.9 Å². The fourth-order valence-corrected chi connectivity index (χ4v) is 2.21. The molecule has 23 heavy (non-hydrogen) atoms. The number of aromatic carboxylic acids is 1. The van der Waals surface area contributed by atoms with Crippen molar-refractivity contribution in [3.8, 4) is 5.75 Å². The van der Waals surface area contributed by atoms with Crippen LogP contribution in [-0.4, -0.2) is 23.0 Å². The molecule has 2 N–H and O–H groups in total. The smallest absolute Gasteiger partial charge is 0.335 e. The summed E-state index contributed by atoms with van der Waals surface area (Å²) < 4.78 is 5.64. The van der Waals surface area contributed by atoms with Gasteiger partial charge in [0.1, 0.15) is 5.75 Å². The van der Waals surface area contributed by atoms with Crippen LogP contribution in [0.25, 0.3) is 0 Å². The average Bonchev–Trinajstić information content (AvgIpc) is 2.48. The number of carboxylic acid groups (broad SMARTS) is 1. The topological polar surface area (TPSA) is 92.7 Å². The van der Waals surface area contributed by atoms with Crippen LogP contribution in [0.4, 0.5) is 5.69 Å².